The van der Waals surface area contributed by atoms with Gasteiger partial charge in [-0.3, -0.25) is 4.99 Å². The summed E-state index contributed by atoms with van der Waals surface area (Å²) in [5.74, 6) is -2.89. The topological polar surface area (TPSA) is 62.1 Å². The largest absolute Gasteiger partial charge is 0.490 e. The SMILES string of the molecule is CN1C(COc2cccc(F)c2)=N[C@H](c2cccc(F)c2)[C@]1(C)c1cccc(F)c1.O=C(O)C(F)(F)F. The summed E-state index contributed by atoms with van der Waals surface area (Å²) < 4.78 is 78.9. The van der Waals surface area contributed by atoms with E-state index in [2.05, 4.69) is 0 Å². The molecule has 1 heterocycles. The highest BCUT2D eigenvalue weighted by atomic mass is 19.4. The lowest BCUT2D eigenvalue weighted by atomic mass is 9.81. The van der Waals surface area contributed by atoms with E-state index in [0.717, 1.165) is 0 Å². The molecule has 1 aliphatic rings. The van der Waals surface area contributed by atoms with Crippen LogP contribution in [0.4, 0.5) is 26.3 Å². The van der Waals surface area contributed by atoms with Crippen molar-refractivity contribution in [3.63, 3.8) is 0 Å². The number of hydrogen-bond acceptors (Lipinski definition) is 4. The van der Waals surface area contributed by atoms with Crippen LogP contribution >= 0.6 is 0 Å². The Bertz CT molecular complexity index is 1300. The lowest BCUT2D eigenvalue weighted by Crippen LogP contribution is -2.44. The van der Waals surface area contributed by atoms with Crippen molar-refractivity contribution < 1.29 is 41.0 Å². The van der Waals surface area contributed by atoms with E-state index < -0.39 is 29.5 Å². The first-order chi connectivity index (χ1) is 17.3. The minimum absolute atomic E-state index is 0.0939. The average Bonchev–Trinajstić information content (AvgIpc) is 3.09. The fourth-order valence-electron chi connectivity index (χ4n) is 3.88. The fourth-order valence-corrected chi connectivity index (χ4v) is 3.88. The Labute approximate surface area is 208 Å². The molecular weight excluding hydrogens is 502 g/mol. The van der Waals surface area contributed by atoms with Crippen molar-refractivity contribution in [1.82, 2.24) is 4.90 Å². The van der Waals surface area contributed by atoms with Gasteiger partial charge in [0.25, 0.3) is 0 Å². The third-order valence-corrected chi connectivity index (χ3v) is 5.87. The predicted molar refractivity (Wildman–Crippen MR) is 124 cm³/mol. The number of rotatable bonds is 5. The van der Waals surface area contributed by atoms with Crippen molar-refractivity contribution >= 4 is 11.8 Å². The van der Waals surface area contributed by atoms with E-state index >= 15 is 0 Å². The van der Waals surface area contributed by atoms with Crippen molar-refractivity contribution in [2.75, 3.05) is 13.7 Å². The summed E-state index contributed by atoms with van der Waals surface area (Å²) in [5, 5.41) is 7.12. The fraction of sp³-hybridized carbons (Fsp3) is 0.231. The Balaban J connectivity index is 0.000000479. The van der Waals surface area contributed by atoms with Crippen molar-refractivity contribution in [3.8, 4) is 5.75 Å². The summed E-state index contributed by atoms with van der Waals surface area (Å²) in [6, 6.07) is 18.0. The molecule has 0 bridgehead atoms. The number of alkyl halides is 3. The molecular formula is C26H22F6N2O3. The van der Waals surface area contributed by atoms with Crippen molar-refractivity contribution in [2.24, 2.45) is 4.99 Å². The summed E-state index contributed by atoms with van der Waals surface area (Å²) in [6.45, 7) is 2.03. The second-order valence-electron chi connectivity index (χ2n) is 8.27. The Morgan fingerprint density at radius 1 is 0.973 bits per heavy atom. The molecule has 0 radical (unpaired) electrons. The summed E-state index contributed by atoms with van der Waals surface area (Å²) in [6.07, 6.45) is -5.08. The first-order valence-electron chi connectivity index (χ1n) is 10.8. The first kappa shape index (κ1) is 27.6. The zero-order valence-corrected chi connectivity index (χ0v) is 19.6. The molecule has 0 unspecified atom stereocenters. The van der Waals surface area contributed by atoms with Gasteiger partial charge in [0.2, 0.25) is 0 Å². The molecule has 11 heteroatoms. The van der Waals surface area contributed by atoms with Crippen LogP contribution in [0.15, 0.2) is 77.8 Å². The van der Waals surface area contributed by atoms with Crippen LogP contribution in [-0.4, -0.2) is 41.6 Å². The smallest absolute Gasteiger partial charge is 0.486 e. The van der Waals surface area contributed by atoms with Gasteiger partial charge in [-0.25, -0.2) is 18.0 Å². The first-order valence-corrected chi connectivity index (χ1v) is 10.8. The molecule has 0 amide bonds. The van der Waals surface area contributed by atoms with Gasteiger partial charge in [-0.15, -0.1) is 0 Å². The average molecular weight is 524 g/mol. The van der Waals surface area contributed by atoms with Gasteiger partial charge in [-0.1, -0.05) is 30.3 Å². The summed E-state index contributed by atoms with van der Waals surface area (Å²) >= 11 is 0. The molecule has 4 rings (SSSR count). The second-order valence-corrected chi connectivity index (χ2v) is 8.27. The number of ether oxygens (including phenoxy) is 1. The molecule has 0 saturated carbocycles. The molecule has 0 saturated heterocycles. The van der Waals surface area contributed by atoms with Gasteiger partial charge in [0.05, 0.1) is 5.54 Å². The normalized spacial score (nSPS) is 19.1. The van der Waals surface area contributed by atoms with Gasteiger partial charge < -0.3 is 14.7 Å². The molecule has 0 aromatic heterocycles. The Hall–Kier alpha value is -4.02. The zero-order chi connectivity index (χ0) is 27.4. The highest BCUT2D eigenvalue weighted by Crippen LogP contribution is 2.46. The molecule has 196 valence electrons. The van der Waals surface area contributed by atoms with Gasteiger partial charge in [0.1, 0.15) is 41.7 Å². The van der Waals surface area contributed by atoms with E-state index in [1.807, 2.05) is 24.9 Å². The number of aliphatic imine (C=N–C) groups is 1. The minimum Gasteiger partial charge on any atom is -0.486 e. The van der Waals surface area contributed by atoms with Crippen LogP contribution in [0, 0.1) is 17.5 Å². The molecule has 3 aromatic rings. The minimum atomic E-state index is -5.08. The zero-order valence-electron chi connectivity index (χ0n) is 19.6. The Kier molecular flexibility index (Phi) is 8.15. The van der Waals surface area contributed by atoms with E-state index in [4.69, 9.17) is 19.6 Å². The number of aliphatic carboxylic acids is 1. The van der Waals surface area contributed by atoms with E-state index in [0.29, 0.717) is 22.7 Å². The van der Waals surface area contributed by atoms with Crippen molar-refractivity contribution in [1.29, 1.82) is 0 Å². The molecule has 0 fully saturated rings. The van der Waals surface area contributed by atoms with Crippen molar-refractivity contribution in [2.45, 2.75) is 24.7 Å². The maximum absolute atomic E-state index is 14.0. The van der Waals surface area contributed by atoms with Crippen LogP contribution in [0.5, 0.6) is 5.75 Å². The number of carbonyl (C=O) groups is 1. The number of likely N-dealkylation sites (N-methyl/N-ethyl adjacent to an activating group) is 1. The maximum Gasteiger partial charge on any atom is 0.490 e. The Morgan fingerprint density at radius 3 is 2.05 bits per heavy atom. The van der Waals surface area contributed by atoms with Crippen LogP contribution in [0.2, 0.25) is 0 Å². The number of carboxylic acids is 1. The monoisotopic (exact) mass is 524 g/mol. The Morgan fingerprint density at radius 2 is 1.51 bits per heavy atom. The number of benzene rings is 3. The number of amidine groups is 1. The number of carboxylic acid groups (broad SMARTS) is 1. The molecule has 5 nitrogen and oxygen atoms in total. The molecule has 1 N–H and O–H groups in total. The quantitative estimate of drug-likeness (QED) is 0.409. The third-order valence-electron chi connectivity index (χ3n) is 5.87. The molecule has 3 aromatic carbocycles. The van der Waals surface area contributed by atoms with E-state index in [1.165, 1.54) is 36.4 Å². The van der Waals surface area contributed by atoms with Gasteiger partial charge >= 0.3 is 12.1 Å². The van der Waals surface area contributed by atoms with Gasteiger partial charge in [0, 0.05) is 13.1 Å². The number of hydrogen-bond donors (Lipinski definition) is 1. The van der Waals surface area contributed by atoms with Crippen LogP contribution in [-0.2, 0) is 10.3 Å². The van der Waals surface area contributed by atoms with Gasteiger partial charge in [-0.05, 0) is 54.4 Å². The number of nitrogens with zero attached hydrogens (tertiary/aromatic N) is 2. The highest BCUT2D eigenvalue weighted by Gasteiger charge is 2.47. The van der Waals surface area contributed by atoms with E-state index in [1.54, 1.807) is 30.3 Å². The highest BCUT2D eigenvalue weighted by molar-refractivity contribution is 5.87. The second kappa shape index (κ2) is 10.9. The van der Waals surface area contributed by atoms with Crippen LogP contribution in [0.3, 0.4) is 0 Å². The molecule has 37 heavy (non-hydrogen) atoms. The lowest BCUT2D eigenvalue weighted by Gasteiger charge is -2.39. The van der Waals surface area contributed by atoms with Crippen LogP contribution in [0.1, 0.15) is 24.1 Å². The van der Waals surface area contributed by atoms with E-state index in [9.17, 15) is 26.3 Å². The van der Waals surface area contributed by atoms with Crippen LogP contribution in [0.25, 0.3) is 0 Å². The lowest BCUT2D eigenvalue weighted by molar-refractivity contribution is -0.192. The third kappa shape index (κ3) is 6.41. The predicted octanol–water partition coefficient (Wildman–Crippen LogP) is 6.12. The van der Waals surface area contributed by atoms with Crippen LogP contribution < -0.4 is 4.74 Å². The summed E-state index contributed by atoms with van der Waals surface area (Å²) in [5.41, 5.74) is 0.620. The van der Waals surface area contributed by atoms with Crippen molar-refractivity contribution in [3.05, 3.63) is 101 Å². The summed E-state index contributed by atoms with van der Waals surface area (Å²) in [7, 11) is 1.85. The molecule has 1 aliphatic heterocycles. The van der Waals surface area contributed by atoms with Gasteiger partial charge in [-0.2, -0.15) is 13.2 Å². The number of halogens is 6. The molecule has 2 atom stereocenters. The van der Waals surface area contributed by atoms with Gasteiger partial charge in [0.15, 0.2) is 0 Å². The van der Waals surface area contributed by atoms with E-state index in [-0.39, 0.29) is 18.2 Å². The standard InChI is InChI=1S/C24H21F3N2O.C2HF3O2/c1-24(17-7-4-9-19(26)13-17)23(16-6-3-8-18(25)12-16)28-22(29(24)2)15-30-21-11-5-10-20(27)14-21;3-2(4,5)1(6)7/h3-14,23H,15H2,1-2H3;(H,6,7)/t23-,24+;/m1./s1. The molecule has 0 aliphatic carbocycles. The maximum atomic E-state index is 14.0. The summed E-state index contributed by atoms with van der Waals surface area (Å²) in [4.78, 5) is 15.6. The molecule has 0 spiro atoms.